The topological polar surface area (TPSA) is 51.2 Å². The van der Waals surface area contributed by atoms with Crippen LogP contribution in [0.4, 0.5) is 5.69 Å². The van der Waals surface area contributed by atoms with Crippen LogP contribution in [0.5, 0.6) is 5.75 Å². The number of benzene rings is 1. The molecule has 6 heteroatoms. The van der Waals surface area contributed by atoms with E-state index in [-0.39, 0.29) is 5.91 Å². The summed E-state index contributed by atoms with van der Waals surface area (Å²) < 4.78 is 15.4. The van der Waals surface area contributed by atoms with E-state index in [0.717, 1.165) is 11.4 Å². The van der Waals surface area contributed by atoms with Crippen molar-refractivity contribution in [1.29, 1.82) is 0 Å². The van der Waals surface area contributed by atoms with E-state index in [1.807, 2.05) is 29.3 Å². The molecule has 1 aromatic carbocycles. The van der Waals surface area contributed by atoms with Gasteiger partial charge in [-0.15, -0.1) is 0 Å². The van der Waals surface area contributed by atoms with Gasteiger partial charge < -0.3 is 14.2 Å². The Labute approximate surface area is 126 Å². The SMILES string of the molecule is COCCN(CCOC)N(C(C)=O)c1ccc(OC)cc1. The van der Waals surface area contributed by atoms with Gasteiger partial charge in [0.25, 0.3) is 0 Å². The first-order valence-corrected chi connectivity index (χ1v) is 6.81. The van der Waals surface area contributed by atoms with Crippen molar-refractivity contribution in [2.75, 3.05) is 52.6 Å². The van der Waals surface area contributed by atoms with Crippen LogP contribution in [0, 0.1) is 0 Å². The molecule has 0 aliphatic heterocycles. The Bertz CT molecular complexity index is 414. The van der Waals surface area contributed by atoms with Gasteiger partial charge in [-0.05, 0) is 24.3 Å². The van der Waals surface area contributed by atoms with Gasteiger partial charge in [-0.2, -0.15) is 0 Å². The molecule has 0 heterocycles. The smallest absolute Gasteiger partial charge is 0.238 e. The lowest BCUT2D eigenvalue weighted by Gasteiger charge is -2.34. The van der Waals surface area contributed by atoms with Crippen molar-refractivity contribution >= 4 is 11.6 Å². The molecule has 0 aromatic heterocycles. The molecule has 118 valence electrons. The van der Waals surface area contributed by atoms with Gasteiger partial charge in [-0.25, -0.2) is 10.0 Å². The van der Waals surface area contributed by atoms with E-state index in [0.29, 0.717) is 26.3 Å². The third kappa shape index (κ3) is 5.34. The average molecular weight is 296 g/mol. The fraction of sp³-hybridized carbons (Fsp3) is 0.533. The van der Waals surface area contributed by atoms with Crippen LogP contribution in [-0.4, -0.2) is 58.5 Å². The number of amides is 1. The van der Waals surface area contributed by atoms with E-state index >= 15 is 0 Å². The number of anilines is 1. The maximum atomic E-state index is 12.0. The molecule has 0 fully saturated rings. The van der Waals surface area contributed by atoms with E-state index in [4.69, 9.17) is 14.2 Å². The van der Waals surface area contributed by atoms with E-state index < -0.39 is 0 Å². The number of rotatable bonds is 9. The summed E-state index contributed by atoms with van der Waals surface area (Å²) in [7, 11) is 4.89. The van der Waals surface area contributed by atoms with Crippen molar-refractivity contribution in [3.63, 3.8) is 0 Å². The molecular formula is C15H24N2O4. The number of hydrazine groups is 1. The molecule has 21 heavy (non-hydrogen) atoms. The predicted molar refractivity (Wildman–Crippen MR) is 81.5 cm³/mol. The second kappa shape index (κ2) is 9.33. The quantitative estimate of drug-likeness (QED) is 0.647. The van der Waals surface area contributed by atoms with Crippen molar-refractivity contribution in [3.05, 3.63) is 24.3 Å². The maximum absolute atomic E-state index is 12.0. The molecule has 6 nitrogen and oxygen atoms in total. The zero-order chi connectivity index (χ0) is 15.7. The minimum atomic E-state index is -0.0626. The Morgan fingerprint density at radius 2 is 1.52 bits per heavy atom. The van der Waals surface area contributed by atoms with Crippen LogP contribution in [0.25, 0.3) is 0 Å². The van der Waals surface area contributed by atoms with Gasteiger partial charge >= 0.3 is 0 Å². The van der Waals surface area contributed by atoms with Gasteiger partial charge in [0.15, 0.2) is 0 Å². The molecule has 0 saturated heterocycles. The second-order valence-electron chi connectivity index (χ2n) is 4.47. The lowest BCUT2D eigenvalue weighted by Crippen LogP contribution is -2.48. The summed E-state index contributed by atoms with van der Waals surface area (Å²) in [6, 6.07) is 7.37. The predicted octanol–water partition coefficient (Wildman–Crippen LogP) is 1.56. The highest BCUT2D eigenvalue weighted by atomic mass is 16.5. The molecule has 0 spiro atoms. The number of ether oxygens (including phenoxy) is 3. The van der Waals surface area contributed by atoms with E-state index in [1.165, 1.54) is 6.92 Å². The zero-order valence-electron chi connectivity index (χ0n) is 13.2. The summed E-state index contributed by atoms with van der Waals surface area (Å²) in [6.45, 7) is 3.81. The number of carbonyl (C=O) groups excluding carboxylic acids is 1. The lowest BCUT2D eigenvalue weighted by atomic mass is 10.3. The molecule has 0 saturated carbocycles. The number of hydrogen-bond acceptors (Lipinski definition) is 5. The minimum Gasteiger partial charge on any atom is -0.497 e. The van der Waals surface area contributed by atoms with E-state index in [9.17, 15) is 4.79 Å². The van der Waals surface area contributed by atoms with E-state index in [2.05, 4.69) is 0 Å². The first kappa shape index (κ1) is 17.4. The Balaban J connectivity index is 2.95. The lowest BCUT2D eigenvalue weighted by molar-refractivity contribution is -0.120. The number of hydrogen-bond donors (Lipinski definition) is 0. The van der Waals surface area contributed by atoms with Gasteiger partial charge in [-0.3, -0.25) is 4.79 Å². The van der Waals surface area contributed by atoms with Crippen LogP contribution >= 0.6 is 0 Å². The minimum absolute atomic E-state index is 0.0626. The maximum Gasteiger partial charge on any atom is 0.238 e. The highest BCUT2D eigenvalue weighted by Crippen LogP contribution is 2.21. The van der Waals surface area contributed by atoms with Gasteiger partial charge in [-0.1, -0.05) is 0 Å². The standard InChI is InChI=1S/C15H24N2O4/c1-13(18)17(14-5-7-15(21-4)8-6-14)16(9-11-19-2)10-12-20-3/h5-8H,9-12H2,1-4H3. The molecule has 0 radical (unpaired) electrons. The third-order valence-electron chi connectivity index (χ3n) is 3.01. The summed E-state index contributed by atoms with van der Waals surface area (Å²) in [4.78, 5) is 12.0. The van der Waals surface area contributed by atoms with Gasteiger partial charge in [0.05, 0.1) is 26.0 Å². The Kier molecular flexibility index (Phi) is 7.74. The number of carbonyl (C=O) groups is 1. The highest BCUT2D eigenvalue weighted by Gasteiger charge is 2.20. The van der Waals surface area contributed by atoms with Crippen molar-refractivity contribution < 1.29 is 19.0 Å². The van der Waals surface area contributed by atoms with Crippen LogP contribution in [0.3, 0.4) is 0 Å². The molecule has 1 amide bonds. The van der Waals surface area contributed by atoms with Crippen molar-refractivity contribution in [3.8, 4) is 5.75 Å². The molecule has 0 N–H and O–H groups in total. The van der Waals surface area contributed by atoms with Crippen molar-refractivity contribution in [2.24, 2.45) is 0 Å². The van der Waals surface area contributed by atoms with Crippen LogP contribution in [0.1, 0.15) is 6.92 Å². The number of nitrogens with zero attached hydrogens (tertiary/aromatic N) is 2. The first-order chi connectivity index (χ1) is 10.1. The van der Waals surface area contributed by atoms with Crippen LogP contribution in [0.2, 0.25) is 0 Å². The average Bonchev–Trinajstić information content (AvgIpc) is 2.50. The second-order valence-corrected chi connectivity index (χ2v) is 4.47. The summed E-state index contributed by atoms with van der Waals surface area (Å²) in [5.74, 6) is 0.690. The molecule has 0 aliphatic carbocycles. The molecule has 1 rings (SSSR count). The van der Waals surface area contributed by atoms with Crippen molar-refractivity contribution in [2.45, 2.75) is 6.92 Å². The largest absolute Gasteiger partial charge is 0.497 e. The Morgan fingerprint density at radius 3 is 1.90 bits per heavy atom. The zero-order valence-corrected chi connectivity index (χ0v) is 13.2. The summed E-state index contributed by atoms with van der Waals surface area (Å²) in [6.07, 6.45) is 0. The molecular weight excluding hydrogens is 272 g/mol. The van der Waals surface area contributed by atoms with Gasteiger partial charge in [0, 0.05) is 34.2 Å². The summed E-state index contributed by atoms with van der Waals surface area (Å²) in [5, 5.41) is 3.55. The molecule has 0 atom stereocenters. The van der Waals surface area contributed by atoms with Crippen molar-refractivity contribution in [1.82, 2.24) is 5.01 Å². The summed E-state index contributed by atoms with van der Waals surface area (Å²) in [5.41, 5.74) is 0.788. The Morgan fingerprint density at radius 1 is 1.00 bits per heavy atom. The molecule has 1 aromatic rings. The first-order valence-electron chi connectivity index (χ1n) is 6.81. The monoisotopic (exact) mass is 296 g/mol. The van der Waals surface area contributed by atoms with Gasteiger partial charge in [0.1, 0.15) is 5.75 Å². The van der Waals surface area contributed by atoms with Gasteiger partial charge in [0.2, 0.25) is 5.91 Å². The number of methoxy groups -OCH3 is 3. The van der Waals surface area contributed by atoms with Crippen LogP contribution in [-0.2, 0) is 14.3 Å². The third-order valence-corrected chi connectivity index (χ3v) is 3.01. The molecule has 0 aliphatic rings. The fourth-order valence-electron chi connectivity index (χ4n) is 1.97. The normalized spacial score (nSPS) is 10.7. The summed E-state index contributed by atoms with van der Waals surface area (Å²) >= 11 is 0. The highest BCUT2D eigenvalue weighted by molar-refractivity contribution is 5.90. The Hall–Kier alpha value is -1.63. The molecule has 0 bridgehead atoms. The fourth-order valence-corrected chi connectivity index (χ4v) is 1.97. The molecule has 0 unspecified atom stereocenters. The van der Waals surface area contributed by atoms with Crippen LogP contribution in [0.15, 0.2) is 24.3 Å². The van der Waals surface area contributed by atoms with E-state index in [1.54, 1.807) is 26.3 Å². The van der Waals surface area contributed by atoms with Crippen LogP contribution < -0.4 is 9.75 Å².